The average Bonchev–Trinajstić information content (AvgIpc) is 2.35. The first-order chi connectivity index (χ1) is 8.83. The van der Waals surface area contributed by atoms with Gasteiger partial charge in [-0.25, -0.2) is 4.79 Å². The maximum absolute atomic E-state index is 12.0. The molecule has 0 aliphatic rings. The SMILES string of the molecule is CCC(CC)COC(=O)NC(C(=O)C(C)C)C(C)C. The Morgan fingerprint density at radius 1 is 1.05 bits per heavy atom. The van der Waals surface area contributed by atoms with Crippen molar-refractivity contribution in [2.45, 2.75) is 60.4 Å². The van der Waals surface area contributed by atoms with E-state index in [-0.39, 0.29) is 17.6 Å². The summed E-state index contributed by atoms with van der Waals surface area (Å²) in [6, 6.07) is -0.464. The normalized spacial score (nSPS) is 12.9. The molecule has 0 saturated carbocycles. The van der Waals surface area contributed by atoms with Gasteiger partial charge in [0, 0.05) is 5.92 Å². The second-order valence-electron chi connectivity index (χ2n) is 5.70. The van der Waals surface area contributed by atoms with E-state index in [1.807, 2.05) is 27.7 Å². The summed E-state index contributed by atoms with van der Waals surface area (Å²) in [6.45, 7) is 12.1. The Labute approximate surface area is 117 Å². The molecule has 0 saturated heterocycles. The van der Waals surface area contributed by atoms with Crippen molar-refractivity contribution >= 4 is 11.9 Å². The van der Waals surface area contributed by atoms with Crippen LogP contribution < -0.4 is 5.32 Å². The molecule has 0 radical (unpaired) electrons. The molecule has 0 bridgehead atoms. The van der Waals surface area contributed by atoms with Gasteiger partial charge in [-0.1, -0.05) is 54.4 Å². The zero-order valence-electron chi connectivity index (χ0n) is 13.2. The van der Waals surface area contributed by atoms with Gasteiger partial charge in [-0.3, -0.25) is 4.79 Å². The van der Waals surface area contributed by atoms with Gasteiger partial charge in [0.05, 0.1) is 12.6 Å². The number of ketones is 1. The highest BCUT2D eigenvalue weighted by Crippen LogP contribution is 2.11. The number of carbonyl (C=O) groups excluding carboxylic acids is 2. The van der Waals surface area contributed by atoms with Gasteiger partial charge in [0.25, 0.3) is 0 Å². The minimum atomic E-state index is -0.486. The van der Waals surface area contributed by atoms with Crippen LogP contribution in [0.1, 0.15) is 54.4 Å². The quantitative estimate of drug-likeness (QED) is 0.736. The largest absolute Gasteiger partial charge is 0.449 e. The minimum Gasteiger partial charge on any atom is -0.449 e. The van der Waals surface area contributed by atoms with Crippen LogP contribution in [0, 0.1) is 17.8 Å². The van der Waals surface area contributed by atoms with E-state index in [0.29, 0.717) is 12.5 Å². The number of hydrogen-bond donors (Lipinski definition) is 1. The Morgan fingerprint density at radius 3 is 1.95 bits per heavy atom. The van der Waals surface area contributed by atoms with Crippen LogP contribution in [-0.4, -0.2) is 24.5 Å². The molecule has 112 valence electrons. The van der Waals surface area contributed by atoms with E-state index in [1.165, 1.54) is 0 Å². The summed E-state index contributed by atoms with van der Waals surface area (Å²) in [5.74, 6) is 0.417. The van der Waals surface area contributed by atoms with Gasteiger partial charge in [-0.15, -0.1) is 0 Å². The lowest BCUT2D eigenvalue weighted by atomic mass is 9.93. The van der Waals surface area contributed by atoms with Crippen LogP contribution in [0.5, 0.6) is 0 Å². The number of carbonyl (C=O) groups is 2. The topological polar surface area (TPSA) is 55.4 Å². The van der Waals surface area contributed by atoms with Gasteiger partial charge in [-0.2, -0.15) is 0 Å². The van der Waals surface area contributed by atoms with E-state index in [4.69, 9.17) is 4.74 Å². The molecule has 0 aliphatic heterocycles. The number of amides is 1. The van der Waals surface area contributed by atoms with E-state index in [2.05, 4.69) is 19.2 Å². The van der Waals surface area contributed by atoms with Crippen LogP contribution in [0.15, 0.2) is 0 Å². The van der Waals surface area contributed by atoms with Crippen molar-refractivity contribution in [3.8, 4) is 0 Å². The maximum Gasteiger partial charge on any atom is 0.407 e. The first-order valence-corrected chi connectivity index (χ1v) is 7.30. The average molecular weight is 271 g/mol. The van der Waals surface area contributed by atoms with Crippen LogP contribution >= 0.6 is 0 Å². The number of hydrogen-bond acceptors (Lipinski definition) is 3. The van der Waals surface area contributed by atoms with Gasteiger partial charge in [0.1, 0.15) is 0 Å². The fourth-order valence-corrected chi connectivity index (χ4v) is 1.81. The highest BCUT2D eigenvalue weighted by atomic mass is 16.5. The van der Waals surface area contributed by atoms with Gasteiger partial charge >= 0.3 is 6.09 Å². The number of rotatable bonds is 8. The third-order valence-corrected chi connectivity index (χ3v) is 3.42. The molecule has 4 nitrogen and oxygen atoms in total. The molecular formula is C15H29NO3. The highest BCUT2D eigenvalue weighted by molar-refractivity contribution is 5.88. The van der Waals surface area contributed by atoms with E-state index < -0.39 is 12.1 Å². The third-order valence-electron chi connectivity index (χ3n) is 3.42. The molecule has 1 N–H and O–H groups in total. The molecule has 0 aromatic heterocycles. The first-order valence-electron chi connectivity index (χ1n) is 7.30. The molecule has 0 fully saturated rings. The predicted octanol–water partition coefficient (Wildman–Crippen LogP) is 3.40. The molecule has 1 amide bonds. The van der Waals surface area contributed by atoms with E-state index >= 15 is 0 Å². The molecule has 0 aliphatic carbocycles. The Balaban J connectivity index is 4.37. The summed E-state index contributed by atoms with van der Waals surface area (Å²) in [5, 5.41) is 2.69. The first kappa shape index (κ1) is 17.9. The van der Waals surface area contributed by atoms with E-state index in [9.17, 15) is 9.59 Å². The van der Waals surface area contributed by atoms with Gasteiger partial charge in [0.2, 0.25) is 0 Å². The molecule has 4 heteroatoms. The Kier molecular flexibility index (Phi) is 8.44. The molecule has 0 aromatic rings. The smallest absolute Gasteiger partial charge is 0.407 e. The van der Waals surface area contributed by atoms with Gasteiger partial charge in [-0.05, 0) is 11.8 Å². The van der Waals surface area contributed by atoms with Gasteiger partial charge < -0.3 is 10.1 Å². The van der Waals surface area contributed by atoms with E-state index in [1.54, 1.807) is 0 Å². The molecule has 0 rings (SSSR count). The zero-order valence-corrected chi connectivity index (χ0v) is 13.2. The molecule has 1 atom stereocenters. The monoisotopic (exact) mass is 271 g/mol. The van der Waals surface area contributed by atoms with Crippen molar-refractivity contribution in [3.05, 3.63) is 0 Å². The van der Waals surface area contributed by atoms with Crippen LogP contribution in [0.4, 0.5) is 4.79 Å². The predicted molar refractivity (Wildman–Crippen MR) is 77.0 cm³/mol. The number of Topliss-reactive ketones (excluding diaryl/α,β-unsaturated/α-hetero) is 1. The van der Waals surface area contributed by atoms with Crippen molar-refractivity contribution in [1.29, 1.82) is 0 Å². The maximum atomic E-state index is 12.0. The van der Waals surface area contributed by atoms with Crippen LogP contribution in [0.3, 0.4) is 0 Å². The van der Waals surface area contributed by atoms with Crippen LogP contribution in [0.2, 0.25) is 0 Å². The molecule has 19 heavy (non-hydrogen) atoms. The summed E-state index contributed by atoms with van der Waals surface area (Å²) in [4.78, 5) is 23.7. The summed E-state index contributed by atoms with van der Waals surface area (Å²) in [7, 11) is 0. The zero-order chi connectivity index (χ0) is 15.0. The fraction of sp³-hybridized carbons (Fsp3) is 0.867. The van der Waals surface area contributed by atoms with Crippen molar-refractivity contribution in [3.63, 3.8) is 0 Å². The van der Waals surface area contributed by atoms with Crippen molar-refractivity contribution in [2.75, 3.05) is 6.61 Å². The highest BCUT2D eigenvalue weighted by Gasteiger charge is 2.26. The second kappa shape index (κ2) is 8.94. The van der Waals surface area contributed by atoms with Crippen molar-refractivity contribution in [1.82, 2.24) is 5.32 Å². The Hall–Kier alpha value is -1.06. The summed E-state index contributed by atoms with van der Waals surface area (Å²) < 4.78 is 5.19. The molecular weight excluding hydrogens is 242 g/mol. The van der Waals surface area contributed by atoms with Crippen LogP contribution in [0.25, 0.3) is 0 Å². The lowest BCUT2D eigenvalue weighted by Crippen LogP contribution is -2.46. The Bertz CT molecular complexity index is 283. The van der Waals surface area contributed by atoms with Gasteiger partial charge in [0.15, 0.2) is 5.78 Å². The van der Waals surface area contributed by atoms with Crippen LogP contribution in [-0.2, 0) is 9.53 Å². The summed E-state index contributed by atoms with van der Waals surface area (Å²) in [6.07, 6.45) is 1.49. The lowest BCUT2D eigenvalue weighted by Gasteiger charge is -2.23. The third kappa shape index (κ3) is 6.60. The molecule has 1 unspecified atom stereocenters. The van der Waals surface area contributed by atoms with Crippen molar-refractivity contribution < 1.29 is 14.3 Å². The molecule has 0 aromatic carbocycles. The summed E-state index contributed by atoms with van der Waals surface area (Å²) in [5.41, 5.74) is 0. The molecule has 0 spiro atoms. The number of alkyl carbamates (subject to hydrolysis) is 1. The molecule has 0 heterocycles. The standard InChI is InChI=1S/C15H29NO3/c1-7-12(8-2)9-19-15(18)16-13(10(3)4)14(17)11(5)6/h10-13H,7-9H2,1-6H3,(H,16,18). The fourth-order valence-electron chi connectivity index (χ4n) is 1.81. The Morgan fingerprint density at radius 2 is 1.58 bits per heavy atom. The van der Waals surface area contributed by atoms with E-state index in [0.717, 1.165) is 12.8 Å². The summed E-state index contributed by atoms with van der Waals surface area (Å²) >= 11 is 0. The second-order valence-corrected chi connectivity index (χ2v) is 5.70. The minimum absolute atomic E-state index is 0.0504. The number of nitrogens with one attached hydrogen (secondary N) is 1. The lowest BCUT2D eigenvalue weighted by molar-refractivity contribution is -0.124. The number of ether oxygens (including phenoxy) is 1. The van der Waals surface area contributed by atoms with Crippen molar-refractivity contribution in [2.24, 2.45) is 17.8 Å².